The average Bonchev–Trinajstić information content (AvgIpc) is 2.82. The molecule has 3 aromatic carbocycles. The SMILES string of the molecule is CCc1ccc(NC(=O)N(Cc2cccc(OS(=O)(=O)c3ccc(F)cc3)c2)C(C)CC)cc1. The Morgan fingerprint density at radius 2 is 1.68 bits per heavy atom. The van der Waals surface area contributed by atoms with E-state index in [2.05, 4.69) is 12.2 Å². The van der Waals surface area contributed by atoms with Crippen molar-refractivity contribution >= 4 is 21.8 Å². The third-order valence-corrected chi connectivity index (χ3v) is 6.82. The van der Waals surface area contributed by atoms with Crippen LogP contribution in [-0.4, -0.2) is 25.4 Å². The zero-order valence-corrected chi connectivity index (χ0v) is 20.3. The second-order valence-corrected chi connectivity index (χ2v) is 9.55. The molecule has 8 heteroatoms. The molecular formula is C26H29FN2O4S. The van der Waals surface area contributed by atoms with Gasteiger partial charge in [-0.2, -0.15) is 8.42 Å². The minimum atomic E-state index is -4.12. The third-order valence-electron chi connectivity index (χ3n) is 5.56. The van der Waals surface area contributed by atoms with E-state index in [9.17, 15) is 17.6 Å². The number of halogens is 1. The number of nitrogens with one attached hydrogen (secondary N) is 1. The van der Waals surface area contributed by atoms with Gasteiger partial charge >= 0.3 is 16.1 Å². The lowest BCUT2D eigenvalue weighted by Crippen LogP contribution is -2.40. The van der Waals surface area contributed by atoms with Crippen LogP contribution >= 0.6 is 0 Å². The van der Waals surface area contributed by atoms with Gasteiger partial charge in [0.25, 0.3) is 0 Å². The zero-order chi connectivity index (χ0) is 24.7. The summed E-state index contributed by atoms with van der Waals surface area (Å²) < 4.78 is 43.5. The molecule has 34 heavy (non-hydrogen) atoms. The molecule has 0 radical (unpaired) electrons. The first-order valence-electron chi connectivity index (χ1n) is 11.2. The van der Waals surface area contributed by atoms with Gasteiger partial charge in [-0.05, 0) is 79.4 Å². The van der Waals surface area contributed by atoms with Gasteiger partial charge in [0.1, 0.15) is 16.5 Å². The number of carbonyl (C=O) groups excluding carboxylic acids is 1. The molecule has 3 aromatic rings. The number of rotatable bonds is 9. The predicted molar refractivity (Wildman–Crippen MR) is 131 cm³/mol. The number of carbonyl (C=O) groups is 1. The molecule has 6 nitrogen and oxygen atoms in total. The van der Waals surface area contributed by atoms with Crippen LogP contribution < -0.4 is 9.50 Å². The number of hydrogen-bond donors (Lipinski definition) is 1. The van der Waals surface area contributed by atoms with Crippen LogP contribution in [0.4, 0.5) is 14.9 Å². The van der Waals surface area contributed by atoms with Crippen LogP contribution in [-0.2, 0) is 23.1 Å². The first kappa shape index (κ1) is 25.2. The lowest BCUT2D eigenvalue weighted by atomic mass is 10.1. The van der Waals surface area contributed by atoms with E-state index >= 15 is 0 Å². The summed E-state index contributed by atoms with van der Waals surface area (Å²) in [7, 11) is -4.12. The molecule has 0 aliphatic heterocycles. The van der Waals surface area contributed by atoms with Gasteiger partial charge in [0, 0.05) is 18.3 Å². The molecule has 0 saturated carbocycles. The number of hydrogen-bond acceptors (Lipinski definition) is 4. The maximum Gasteiger partial charge on any atom is 0.339 e. The molecule has 0 fully saturated rings. The maximum absolute atomic E-state index is 13.1. The first-order valence-corrected chi connectivity index (χ1v) is 12.6. The van der Waals surface area contributed by atoms with Crippen LogP contribution in [0.5, 0.6) is 5.75 Å². The fourth-order valence-electron chi connectivity index (χ4n) is 3.34. The summed E-state index contributed by atoms with van der Waals surface area (Å²) in [6.07, 6.45) is 1.67. The quantitative estimate of drug-likeness (QED) is 0.379. The normalized spacial score (nSPS) is 12.1. The molecule has 1 unspecified atom stereocenters. The highest BCUT2D eigenvalue weighted by molar-refractivity contribution is 7.87. The summed E-state index contributed by atoms with van der Waals surface area (Å²) in [5.41, 5.74) is 2.60. The fraction of sp³-hybridized carbons (Fsp3) is 0.269. The smallest absolute Gasteiger partial charge is 0.339 e. The summed E-state index contributed by atoms with van der Waals surface area (Å²) in [5, 5.41) is 2.94. The highest BCUT2D eigenvalue weighted by atomic mass is 32.2. The van der Waals surface area contributed by atoms with Crippen LogP contribution in [0.25, 0.3) is 0 Å². The van der Waals surface area contributed by atoms with Crippen molar-refractivity contribution < 1.29 is 21.8 Å². The summed E-state index contributed by atoms with van der Waals surface area (Å²) in [6.45, 7) is 6.29. The van der Waals surface area contributed by atoms with Crippen molar-refractivity contribution in [1.29, 1.82) is 0 Å². The summed E-state index contributed by atoms with van der Waals surface area (Å²) in [4.78, 5) is 14.6. The Morgan fingerprint density at radius 1 is 1.00 bits per heavy atom. The Labute approximate surface area is 200 Å². The van der Waals surface area contributed by atoms with Crippen molar-refractivity contribution in [3.8, 4) is 5.75 Å². The maximum atomic E-state index is 13.1. The van der Waals surface area contributed by atoms with Crippen LogP contribution in [0, 0.1) is 5.82 Å². The van der Waals surface area contributed by atoms with E-state index in [1.165, 1.54) is 11.6 Å². The van der Waals surface area contributed by atoms with Crippen LogP contribution in [0.3, 0.4) is 0 Å². The molecule has 0 aromatic heterocycles. The molecule has 1 atom stereocenters. The van der Waals surface area contributed by atoms with Gasteiger partial charge in [0.2, 0.25) is 0 Å². The van der Waals surface area contributed by atoms with Crippen LogP contribution in [0.1, 0.15) is 38.3 Å². The van der Waals surface area contributed by atoms with E-state index < -0.39 is 15.9 Å². The number of benzene rings is 3. The molecule has 0 aliphatic carbocycles. The number of urea groups is 1. The Kier molecular flexibility index (Phi) is 8.28. The third kappa shape index (κ3) is 6.57. The van der Waals surface area contributed by atoms with Gasteiger partial charge < -0.3 is 14.4 Å². The molecule has 0 bridgehead atoms. The van der Waals surface area contributed by atoms with Crippen molar-refractivity contribution in [2.24, 2.45) is 0 Å². The van der Waals surface area contributed by atoms with Gasteiger partial charge in [-0.15, -0.1) is 0 Å². The molecule has 0 heterocycles. The Bertz CT molecular complexity index is 1210. The van der Waals surface area contributed by atoms with E-state index in [1.807, 2.05) is 38.1 Å². The second-order valence-electron chi connectivity index (χ2n) is 8.00. The lowest BCUT2D eigenvalue weighted by Gasteiger charge is -2.29. The van der Waals surface area contributed by atoms with Crippen molar-refractivity contribution in [3.63, 3.8) is 0 Å². The monoisotopic (exact) mass is 484 g/mol. The lowest BCUT2D eigenvalue weighted by molar-refractivity contribution is 0.187. The molecule has 1 N–H and O–H groups in total. The highest BCUT2D eigenvalue weighted by Crippen LogP contribution is 2.22. The van der Waals surface area contributed by atoms with Crippen molar-refractivity contribution in [2.45, 2.75) is 51.1 Å². The zero-order valence-electron chi connectivity index (χ0n) is 19.5. The van der Waals surface area contributed by atoms with E-state index in [4.69, 9.17) is 4.18 Å². The van der Waals surface area contributed by atoms with Gasteiger partial charge in [0.05, 0.1) is 0 Å². The molecule has 3 rings (SSSR count). The standard InChI is InChI=1S/C26H29FN2O4S/c1-4-19(3)29(26(30)28-23-13-9-20(5-2)10-14-23)18-21-7-6-8-24(17-21)33-34(31,32)25-15-11-22(27)12-16-25/h6-17,19H,4-5,18H2,1-3H3,(H,28,30). The number of anilines is 1. The van der Waals surface area contributed by atoms with Gasteiger partial charge in [-0.3, -0.25) is 0 Å². The number of aryl methyl sites for hydroxylation is 1. The largest absolute Gasteiger partial charge is 0.379 e. The summed E-state index contributed by atoms with van der Waals surface area (Å²) in [5.74, 6) is -0.424. The molecule has 180 valence electrons. The van der Waals surface area contributed by atoms with E-state index in [1.54, 1.807) is 23.1 Å². The molecule has 0 saturated heterocycles. The Balaban J connectivity index is 1.76. The Hall–Kier alpha value is -3.39. The van der Waals surface area contributed by atoms with Crippen molar-refractivity contribution in [1.82, 2.24) is 4.90 Å². The molecule has 2 amide bonds. The minimum Gasteiger partial charge on any atom is -0.379 e. The van der Waals surface area contributed by atoms with E-state index in [0.29, 0.717) is 11.3 Å². The number of nitrogens with zero attached hydrogens (tertiary/aromatic N) is 1. The fourth-order valence-corrected chi connectivity index (χ4v) is 4.26. The second kappa shape index (κ2) is 11.2. The number of amides is 2. The van der Waals surface area contributed by atoms with E-state index in [0.717, 1.165) is 37.1 Å². The highest BCUT2D eigenvalue weighted by Gasteiger charge is 2.21. The van der Waals surface area contributed by atoms with Crippen LogP contribution in [0.2, 0.25) is 0 Å². The Morgan fingerprint density at radius 3 is 2.29 bits per heavy atom. The van der Waals surface area contributed by atoms with E-state index in [-0.39, 0.29) is 29.3 Å². The van der Waals surface area contributed by atoms with Gasteiger partial charge in [-0.1, -0.05) is 38.1 Å². The minimum absolute atomic E-state index is 0.0533. The predicted octanol–water partition coefficient (Wildman–Crippen LogP) is 5.99. The van der Waals surface area contributed by atoms with Crippen molar-refractivity contribution in [3.05, 3.63) is 89.7 Å². The van der Waals surface area contributed by atoms with Gasteiger partial charge in [-0.25, -0.2) is 9.18 Å². The molecular weight excluding hydrogens is 455 g/mol. The topological polar surface area (TPSA) is 75.7 Å². The molecule has 0 spiro atoms. The summed E-state index contributed by atoms with van der Waals surface area (Å²) in [6, 6.07) is 18.4. The van der Waals surface area contributed by atoms with Gasteiger partial charge in [0.15, 0.2) is 0 Å². The first-order chi connectivity index (χ1) is 16.2. The summed E-state index contributed by atoms with van der Waals surface area (Å²) >= 11 is 0. The van der Waals surface area contributed by atoms with Crippen molar-refractivity contribution in [2.75, 3.05) is 5.32 Å². The average molecular weight is 485 g/mol. The molecule has 0 aliphatic rings. The van der Waals surface area contributed by atoms with Crippen LogP contribution in [0.15, 0.2) is 77.7 Å².